The molecule has 0 saturated heterocycles. The summed E-state index contributed by atoms with van der Waals surface area (Å²) in [4.78, 5) is 0. The van der Waals surface area contributed by atoms with E-state index >= 15 is 0 Å². The summed E-state index contributed by atoms with van der Waals surface area (Å²) in [6, 6.07) is 7.48. The normalized spacial score (nSPS) is 20.4. The molecule has 0 radical (unpaired) electrons. The molecule has 94 valence electrons. The van der Waals surface area contributed by atoms with Crippen LogP contribution >= 0.6 is 11.6 Å². The van der Waals surface area contributed by atoms with Crippen molar-refractivity contribution in [3.63, 3.8) is 0 Å². The third kappa shape index (κ3) is 3.21. The van der Waals surface area contributed by atoms with E-state index in [9.17, 15) is 5.11 Å². The summed E-state index contributed by atoms with van der Waals surface area (Å²) >= 11 is 6.06. The molecule has 2 N–H and O–H groups in total. The lowest BCUT2D eigenvalue weighted by atomic mass is 10.00. The minimum absolute atomic E-state index is 0.197. The van der Waals surface area contributed by atoms with Crippen molar-refractivity contribution >= 4 is 11.6 Å². The number of hydrogen-bond acceptors (Lipinski definition) is 2. The molecule has 0 aliphatic heterocycles. The van der Waals surface area contributed by atoms with Crippen LogP contribution in [-0.2, 0) is 0 Å². The molecular formula is C14H20ClNO. The smallest absolute Gasteiger partial charge is 0.0928 e. The monoisotopic (exact) mass is 253 g/mol. The average Bonchev–Trinajstić information content (AvgIpc) is 2.74. The van der Waals surface area contributed by atoms with Gasteiger partial charge in [0.1, 0.15) is 0 Å². The average molecular weight is 254 g/mol. The quantitative estimate of drug-likeness (QED) is 0.863. The lowest BCUT2D eigenvalue weighted by molar-refractivity contribution is 0.159. The van der Waals surface area contributed by atoms with E-state index in [2.05, 4.69) is 12.2 Å². The highest BCUT2D eigenvalue weighted by Gasteiger charge is 2.28. The summed E-state index contributed by atoms with van der Waals surface area (Å²) in [5.74, 6) is 0. The molecule has 0 spiro atoms. The van der Waals surface area contributed by atoms with Gasteiger partial charge in [0, 0.05) is 22.7 Å². The van der Waals surface area contributed by atoms with Gasteiger partial charge in [-0.1, -0.05) is 42.6 Å². The molecule has 1 saturated carbocycles. The number of benzene rings is 1. The fourth-order valence-electron chi connectivity index (χ4n) is 2.53. The second-order valence-electron chi connectivity index (χ2n) is 5.19. The Morgan fingerprint density at radius 3 is 2.65 bits per heavy atom. The highest BCUT2D eigenvalue weighted by atomic mass is 35.5. The summed E-state index contributed by atoms with van der Waals surface area (Å²) in [6.45, 7) is 2.81. The van der Waals surface area contributed by atoms with Gasteiger partial charge in [0.25, 0.3) is 0 Å². The van der Waals surface area contributed by atoms with Crippen LogP contribution in [0.4, 0.5) is 0 Å². The molecule has 2 nitrogen and oxygen atoms in total. The van der Waals surface area contributed by atoms with Gasteiger partial charge in [-0.05, 0) is 25.8 Å². The Kier molecular flexibility index (Phi) is 4.08. The molecule has 0 aromatic heterocycles. The lowest BCUT2D eigenvalue weighted by Gasteiger charge is -2.27. The lowest BCUT2D eigenvalue weighted by Crippen LogP contribution is -2.41. The van der Waals surface area contributed by atoms with E-state index in [0.717, 1.165) is 5.56 Å². The number of hydrogen-bond donors (Lipinski definition) is 2. The summed E-state index contributed by atoms with van der Waals surface area (Å²) in [7, 11) is 0. The minimum atomic E-state index is -0.527. The summed E-state index contributed by atoms with van der Waals surface area (Å²) in [5.41, 5.74) is 1.01. The van der Waals surface area contributed by atoms with Crippen LogP contribution in [0.25, 0.3) is 0 Å². The van der Waals surface area contributed by atoms with E-state index in [1.165, 1.54) is 25.7 Å². The Bertz CT molecular complexity index is 374. The molecular weight excluding hydrogens is 234 g/mol. The van der Waals surface area contributed by atoms with Gasteiger partial charge in [0.05, 0.1) is 6.10 Å². The topological polar surface area (TPSA) is 32.3 Å². The van der Waals surface area contributed by atoms with Gasteiger partial charge in [-0.25, -0.2) is 0 Å². The molecule has 1 atom stereocenters. The van der Waals surface area contributed by atoms with Crippen molar-refractivity contribution in [1.82, 2.24) is 5.32 Å². The molecule has 1 fully saturated rings. The summed E-state index contributed by atoms with van der Waals surface area (Å²) in [5, 5.41) is 14.2. The first-order valence-electron chi connectivity index (χ1n) is 6.28. The first kappa shape index (κ1) is 12.9. The van der Waals surface area contributed by atoms with Gasteiger partial charge >= 0.3 is 0 Å². The van der Waals surface area contributed by atoms with Crippen LogP contribution in [0.5, 0.6) is 0 Å². The first-order valence-corrected chi connectivity index (χ1v) is 6.66. The predicted molar refractivity (Wildman–Crippen MR) is 71.3 cm³/mol. The van der Waals surface area contributed by atoms with Crippen LogP contribution in [0.3, 0.4) is 0 Å². The van der Waals surface area contributed by atoms with Crippen LogP contribution in [0.2, 0.25) is 5.02 Å². The molecule has 1 aromatic rings. The van der Waals surface area contributed by atoms with E-state index in [0.29, 0.717) is 11.6 Å². The molecule has 1 aliphatic carbocycles. The summed E-state index contributed by atoms with van der Waals surface area (Å²) < 4.78 is 0. The predicted octanol–water partition coefficient (Wildman–Crippen LogP) is 3.30. The van der Waals surface area contributed by atoms with Gasteiger partial charge in [-0.3, -0.25) is 0 Å². The maximum atomic E-state index is 10.1. The fraction of sp³-hybridized carbons (Fsp3) is 0.571. The minimum Gasteiger partial charge on any atom is -0.387 e. The van der Waals surface area contributed by atoms with Gasteiger partial charge < -0.3 is 10.4 Å². The van der Waals surface area contributed by atoms with E-state index in [1.54, 1.807) is 0 Å². The fourth-order valence-corrected chi connectivity index (χ4v) is 2.79. The van der Waals surface area contributed by atoms with Crippen LogP contribution in [0.15, 0.2) is 24.3 Å². The number of aliphatic hydroxyl groups excluding tert-OH is 1. The molecule has 1 aliphatic rings. The highest BCUT2D eigenvalue weighted by molar-refractivity contribution is 6.31. The zero-order chi connectivity index (χ0) is 12.3. The van der Waals surface area contributed by atoms with Crippen LogP contribution in [0.1, 0.15) is 44.3 Å². The van der Waals surface area contributed by atoms with Gasteiger partial charge in [-0.2, -0.15) is 0 Å². The van der Waals surface area contributed by atoms with Crippen molar-refractivity contribution in [1.29, 1.82) is 0 Å². The Morgan fingerprint density at radius 1 is 1.35 bits per heavy atom. The van der Waals surface area contributed by atoms with E-state index < -0.39 is 6.10 Å². The molecule has 1 unspecified atom stereocenters. The standard InChI is InChI=1S/C14H20ClNO/c1-14(8-4-5-9-14)16-10-13(17)11-6-2-3-7-12(11)15/h2-3,6-7,13,16-17H,4-5,8-10H2,1H3. The summed E-state index contributed by atoms with van der Waals surface area (Å²) in [6.07, 6.45) is 4.43. The van der Waals surface area contributed by atoms with Crippen molar-refractivity contribution < 1.29 is 5.11 Å². The molecule has 2 rings (SSSR count). The van der Waals surface area contributed by atoms with Crippen LogP contribution in [0, 0.1) is 0 Å². The number of aliphatic hydroxyl groups is 1. The number of nitrogens with one attached hydrogen (secondary N) is 1. The molecule has 0 heterocycles. The largest absolute Gasteiger partial charge is 0.387 e. The second kappa shape index (κ2) is 5.38. The van der Waals surface area contributed by atoms with E-state index in [4.69, 9.17) is 11.6 Å². The first-order chi connectivity index (χ1) is 8.11. The number of β-amino-alcohol motifs (C(OH)–C–C–N with tert-alkyl or cyclic N) is 1. The Balaban J connectivity index is 1.93. The van der Waals surface area contributed by atoms with Crippen LogP contribution in [-0.4, -0.2) is 17.2 Å². The van der Waals surface area contributed by atoms with Crippen molar-refractivity contribution in [2.24, 2.45) is 0 Å². The Morgan fingerprint density at radius 2 is 2.00 bits per heavy atom. The van der Waals surface area contributed by atoms with E-state index in [1.807, 2.05) is 24.3 Å². The third-order valence-electron chi connectivity index (χ3n) is 3.69. The van der Waals surface area contributed by atoms with Gasteiger partial charge in [0.15, 0.2) is 0 Å². The zero-order valence-electron chi connectivity index (χ0n) is 10.2. The maximum Gasteiger partial charge on any atom is 0.0928 e. The molecule has 1 aromatic carbocycles. The van der Waals surface area contributed by atoms with Crippen molar-refractivity contribution in [3.05, 3.63) is 34.9 Å². The maximum absolute atomic E-state index is 10.1. The molecule has 0 amide bonds. The zero-order valence-corrected chi connectivity index (χ0v) is 11.0. The third-order valence-corrected chi connectivity index (χ3v) is 4.04. The van der Waals surface area contributed by atoms with Crippen molar-refractivity contribution in [3.8, 4) is 0 Å². The van der Waals surface area contributed by atoms with Gasteiger partial charge in [0.2, 0.25) is 0 Å². The van der Waals surface area contributed by atoms with E-state index in [-0.39, 0.29) is 5.54 Å². The SMILES string of the molecule is CC1(NCC(O)c2ccccc2Cl)CCCC1. The van der Waals surface area contributed by atoms with Crippen molar-refractivity contribution in [2.45, 2.75) is 44.2 Å². The van der Waals surface area contributed by atoms with Crippen LogP contribution < -0.4 is 5.32 Å². The van der Waals surface area contributed by atoms with Gasteiger partial charge in [-0.15, -0.1) is 0 Å². The Labute approximate surface area is 108 Å². The Hall–Kier alpha value is -0.570. The molecule has 3 heteroatoms. The number of halogens is 1. The molecule has 17 heavy (non-hydrogen) atoms. The number of rotatable bonds is 4. The highest BCUT2D eigenvalue weighted by Crippen LogP contribution is 2.30. The second-order valence-corrected chi connectivity index (χ2v) is 5.59. The molecule has 0 bridgehead atoms. The van der Waals surface area contributed by atoms with Crippen molar-refractivity contribution in [2.75, 3.05) is 6.54 Å².